The number of carbonyl (C=O) groups excluding carboxylic acids is 1. The number of hydrogen-bond donors (Lipinski definition) is 0. The fraction of sp³-hybridized carbons (Fsp3) is 0.500. The molecule has 0 N–H and O–H groups in total. The van der Waals surface area contributed by atoms with Crippen molar-refractivity contribution < 1.29 is 4.79 Å². The summed E-state index contributed by atoms with van der Waals surface area (Å²) in [6.45, 7) is 10.1. The molecule has 0 bridgehead atoms. The van der Waals surface area contributed by atoms with Gasteiger partial charge in [0.05, 0.1) is 0 Å². The minimum absolute atomic E-state index is 0.231. The molecule has 0 radical (unpaired) electrons. The van der Waals surface area contributed by atoms with Crippen molar-refractivity contribution in [2.45, 2.75) is 46.2 Å². The van der Waals surface area contributed by atoms with E-state index < -0.39 is 0 Å². The Hall–Kier alpha value is -0.680. The molecule has 0 aromatic heterocycles. The third-order valence-corrected chi connectivity index (χ3v) is 3.83. The number of Topliss-reactive ketones (excluding diaryl/α,β-unsaturated/α-hetero) is 1. The SMILES string of the molecule is CCC(C)(P)C(=O)c1c(C)cc(C)cc1C. The highest BCUT2D eigenvalue weighted by molar-refractivity contribution is 7.21. The highest BCUT2D eigenvalue weighted by Crippen LogP contribution is 2.30. The van der Waals surface area contributed by atoms with Crippen LogP contribution in [0.3, 0.4) is 0 Å². The minimum atomic E-state index is -0.342. The van der Waals surface area contributed by atoms with Crippen molar-refractivity contribution in [3.8, 4) is 0 Å². The van der Waals surface area contributed by atoms with Crippen LogP contribution in [0.15, 0.2) is 12.1 Å². The van der Waals surface area contributed by atoms with Gasteiger partial charge in [-0.25, -0.2) is 0 Å². The summed E-state index contributed by atoms with van der Waals surface area (Å²) in [6.07, 6.45) is 0.837. The number of aryl methyl sites for hydroxylation is 3. The predicted molar refractivity (Wildman–Crippen MR) is 73.4 cm³/mol. The van der Waals surface area contributed by atoms with Crippen LogP contribution in [0, 0.1) is 20.8 Å². The zero-order valence-corrected chi connectivity index (χ0v) is 12.0. The van der Waals surface area contributed by atoms with Crippen LogP contribution in [0.4, 0.5) is 0 Å². The Morgan fingerprint density at radius 3 is 2.06 bits per heavy atom. The summed E-state index contributed by atoms with van der Waals surface area (Å²) in [4.78, 5) is 12.4. The van der Waals surface area contributed by atoms with Crippen molar-refractivity contribution in [3.05, 3.63) is 34.4 Å². The van der Waals surface area contributed by atoms with E-state index in [0.717, 1.165) is 23.1 Å². The maximum atomic E-state index is 12.4. The van der Waals surface area contributed by atoms with Crippen LogP contribution < -0.4 is 0 Å². The normalized spacial score (nSPS) is 14.6. The lowest BCUT2D eigenvalue weighted by molar-refractivity contribution is 0.0946. The van der Waals surface area contributed by atoms with Crippen LogP contribution in [0.25, 0.3) is 0 Å². The predicted octanol–water partition coefficient (Wildman–Crippen LogP) is 3.84. The van der Waals surface area contributed by atoms with Gasteiger partial charge in [0, 0.05) is 10.7 Å². The third-order valence-electron chi connectivity index (χ3n) is 3.16. The standard InChI is InChI=1S/C14H21OP/c1-6-14(5,16)13(15)12-10(3)7-9(2)8-11(12)4/h7-8H,6,16H2,1-5H3. The van der Waals surface area contributed by atoms with Crippen molar-refractivity contribution in [2.24, 2.45) is 0 Å². The number of hydrogen-bond acceptors (Lipinski definition) is 1. The summed E-state index contributed by atoms with van der Waals surface area (Å²) in [5, 5.41) is -0.342. The molecule has 0 heterocycles. The first-order valence-corrected chi connectivity index (χ1v) is 6.29. The molecule has 1 rings (SSSR count). The van der Waals surface area contributed by atoms with Gasteiger partial charge in [0.25, 0.3) is 0 Å². The van der Waals surface area contributed by atoms with Gasteiger partial charge in [-0.3, -0.25) is 4.79 Å². The van der Waals surface area contributed by atoms with E-state index in [1.54, 1.807) is 0 Å². The molecule has 0 saturated heterocycles. The first kappa shape index (κ1) is 13.4. The molecule has 0 aliphatic heterocycles. The van der Waals surface area contributed by atoms with E-state index in [9.17, 15) is 4.79 Å². The average molecular weight is 236 g/mol. The summed E-state index contributed by atoms with van der Waals surface area (Å²) in [6, 6.07) is 4.16. The van der Waals surface area contributed by atoms with Gasteiger partial charge in [-0.2, -0.15) is 0 Å². The van der Waals surface area contributed by atoms with Crippen LogP contribution in [0.5, 0.6) is 0 Å². The number of carbonyl (C=O) groups is 1. The molecule has 0 spiro atoms. The molecule has 0 aliphatic carbocycles. The fourth-order valence-corrected chi connectivity index (χ4v) is 2.13. The average Bonchev–Trinajstić information content (AvgIpc) is 2.15. The maximum absolute atomic E-state index is 12.4. The van der Waals surface area contributed by atoms with Crippen LogP contribution in [-0.4, -0.2) is 10.9 Å². The second kappa shape index (κ2) is 4.67. The molecule has 0 amide bonds. The quantitative estimate of drug-likeness (QED) is 0.575. The Bertz CT molecular complexity index is 396. The molecule has 16 heavy (non-hydrogen) atoms. The monoisotopic (exact) mass is 236 g/mol. The fourth-order valence-electron chi connectivity index (χ4n) is 1.98. The molecule has 0 fully saturated rings. The van der Waals surface area contributed by atoms with Gasteiger partial charge < -0.3 is 0 Å². The lowest BCUT2D eigenvalue weighted by Gasteiger charge is -2.23. The highest BCUT2D eigenvalue weighted by Gasteiger charge is 2.28. The van der Waals surface area contributed by atoms with Crippen molar-refractivity contribution in [1.82, 2.24) is 0 Å². The summed E-state index contributed by atoms with van der Waals surface area (Å²) < 4.78 is 0. The highest BCUT2D eigenvalue weighted by atomic mass is 31.0. The Morgan fingerprint density at radius 1 is 1.25 bits per heavy atom. The minimum Gasteiger partial charge on any atom is -0.293 e. The molecule has 1 aromatic carbocycles. The first-order valence-electron chi connectivity index (χ1n) is 5.71. The zero-order chi connectivity index (χ0) is 12.5. The molecule has 2 atom stereocenters. The summed E-state index contributed by atoms with van der Waals surface area (Å²) in [5.74, 6) is 0.231. The first-order chi connectivity index (χ1) is 7.29. The van der Waals surface area contributed by atoms with Crippen molar-refractivity contribution in [2.75, 3.05) is 0 Å². The van der Waals surface area contributed by atoms with Gasteiger partial charge >= 0.3 is 0 Å². The van der Waals surface area contributed by atoms with Gasteiger partial charge in [-0.1, -0.05) is 24.6 Å². The number of benzene rings is 1. The topological polar surface area (TPSA) is 17.1 Å². The zero-order valence-electron chi connectivity index (χ0n) is 10.8. The Balaban J connectivity index is 3.30. The van der Waals surface area contributed by atoms with Gasteiger partial charge in [0.2, 0.25) is 0 Å². The Kier molecular flexibility index (Phi) is 3.91. The Morgan fingerprint density at radius 2 is 1.69 bits per heavy atom. The molecule has 1 nitrogen and oxygen atoms in total. The van der Waals surface area contributed by atoms with E-state index in [-0.39, 0.29) is 10.9 Å². The van der Waals surface area contributed by atoms with Crippen molar-refractivity contribution in [1.29, 1.82) is 0 Å². The van der Waals surface area contributed by atoms with Gasteiger partial charge in [0.15, 0.2) is 5.78 Å². The van der Waals surface area contributed by atoms with Crippen molar-refractivity contribution >= 4 is 15.0 Å². The van der Waals surface area contributed by atoms with E-state index in [1.807, 2.05) is 27.7 Å². The van der Waals surface area contributed by atoms with Crippen LogP contribution in [0.1, 0.15) is 47.3 Å². The molecule has 0 saturated carbocycles. The van der Waals surface area contributed by atoms with E-state index in [0.29, 0.717) is 0 Å². The van der Waals surface area contributed by atoms with Crippen LogP contribution >= 0.6 is 9.24 Å². The number of rotatable bonds is 3. The summed E-state index contributed by atoms with van der Waals surface area (Å²) in [5.41, 5.74) is 4.28. The van der Waals surface area contributed by atoms with E-state index in [4.69, 9.17) is 0 Å². The van der Waals surface area contributed by atoms with Gasteiger partial charge in [-0.15, -0.1) is 9.24 Å². The Labute approximate surface area is 101 Å². The lowest BCUT2D eigenvalue weighted by atomic mass is 9.89. The molecule has 2 heteroatoms. The van der Waals surface area contributed by atoms with Gasteiger partial charge in [0.1, 0.15) is 0 Å². The lowest BCUT2D eigenvalue weighted by Crippen LogP contribution is -2.28. The molecular weight excluding hydrogens is 215 g/mol. The van der Waals surface area contributed by atoms with Crippen molar-refractivity contribution in [3.63, 3.8) is 0 Å². The van der Waals surface area contributed by atoms with E-state index >= 15 is 0 Å². The van der Waals surface area contributed by atoms with Crippen LogP contribution in [-0.2, 0) is 0 Å². The molecule has 1 aromatic rings. The van der Waals surface area contributed by atoms with E-state index in [1.165, 1.54) is 5.56 Å². The molecule has 88 valence electrons. The maximum Gasteiger partial charge on any atom is 0.172 e. The third kappa shape index (κ3) is 2.52. The number of ketones is 1. The second-order valence-electron chi connectivity index (χ2n) is 4.87. The summed E-state index contributed by atoms with van der Waals surface area (Å²) >= 11 is 0. The smallest absolute Gasteiger partial charge is 0.172 e. The second-order valence-corrected chi connectivity index (χ2v) is 6.15. The van der Waals surface area contributed by atoms with Crippen LogP contribution in [0.2, 0.25) is 0 Å². The van der Waals surface area contributed by atoms with Gasteiger partial charge in [-0.05, 0) is 45.2 Å². The molecule has 2 unspecified atom stereocenters. The molecule has 0 aliphatic rings. The largest absolute Gasteiger partial charge is 0.293 e. The summed E-state index contributed by atoms with van der Waals surface area (Å²) in [7, 11) is 2.69. The molecular formula is C14H21OP. The van der Waals surface area contributed by atoms with E-state index in [2.05, 4.69) is 28.3 Å².